The fourth-order valence-corrected chi connectivity index (χ4v) is 2.08. The van der Waals surface area contributed by atoms with E-state index in [-0.39, 0.29) is 10.8 Å². The van der Waals surface area contributed by atoms with Crippen molar-refractivity contribution in [2.45, 2.75) is 19.9 Å². The zero-order chi connectivity index (χ0) is 17.7. The summed E-state index contributed by atoms with van der Waals surface area (Å²) in [5.41, 5.74) is -1.09. The number of hydrogen-bond donors (Lipinski definition) is 2. The van der Waals surface area contributed by atoms with Gasteiger partial charge < -0.3 is 15.2 Å². The number of rotatable bonds is 5. The second-order valence-electron chi connectivity index (χ2n) is 4.95. The van der Waals surface area contributed by atoms with Crippen molar-refractivity contribution in [1.82, 2.24) is 20.4 Å². The highest BCUT2D eigenvalue weighted by molar-refractivity contribution is 6.00. The smallest absolute Gasteiger partial charge is 0.321 e. The zero-order valence-electron chi connectivity index (χ0n) is 12.9. The molecular weight excluding hydrogens is 316 g/mol. The molecule has 0 saturated heterocycles. The maximum absolute atomic E-state index is 12.3. The zero-order valence-corrected chi connectivity index (χ0v) is 12.9. The predicted octanol–water partition coefficient (Wildman–Crippen LogP) is -1.00. The quantitative estimate of drug-likeness (QED) is 0.721. The van der Waals surface area contributed by atoms with Crippen molar-refractivity contribution < 1.29 is 19.5 Å². The van der Waals surface area contributed by atoms with Crippen LogP contribution < -0.4 is 21.3 Å². The van der Waals surface area contributed by atoms with Crippen molar-refractivity contribution in [3.05, 3.63) is 40.3 Å². The summed E-state index contributed by atoms with van der Waals surface area (Å²) >= 11 is 0. The van der Waals surface area contributed by atoms with Gasteiger partial charge in [-0.25, -0.2) is 9.48 Å². The number of carboxylic acids is 1. The maximum Gasteiger partial charge on any atom is 0.321 e. The Morgan fingerprint density at radius 1 is 1.21 bits per heavy atom. The molecule has 2 rings (SSSR count). The van der Waals surface area contributed by atoms with Crippen molar-refractivity contribution in [3.63, 3.8) is 0 Å². The number of hydrogen-bond acceptors (Lipinski definition) is 6. The third-order valence-electron chi connectivity index (χ3n) is 3.14. The second kappa shape index (κ2) is 7.36. The number of imide groups is 1. The average Bonchev–Trinajstić information content (AvgIpc) is 2.55. The Morgan fingerprint density at radius 2 is 1.88 bits per heavy atom. The van der Waals surface area contributed by atoms with Crippen molar-refractivity contribution in [3.8, 4) is 0 Å². The fraction of sp³-hybridized carbons (Fsp3) is 0.267. The predicted molar refractivity (Wildman–Crippen MR) is 82.2 cm³/mol. The topological polar surface area (TPSA) is 133 Å². The van der Waals surface area contributed by atoms with E-state index in [0.29, 0.717) is 17.6 Å². The van der Waals surface area contributed by atoms with Gasteiger partial charge in [0.25, 0.3) is 5.56 Å². The molecule has 0 fully saturated rings. The van der Waals surface area contributed by atoms with Gasteiger partial charge in [0, 0.05) is 11.9 Å². The van der Waals surface area contributed by atoms with Gasteiger partial charge in [0.1, 0.15) is 12.2 Å². The van der Waals surface area contributed by atoms with Crippen molar-refractivity contribution in [1.29, 1.82) is 0 Å². The van der Waals surface area contributed by atoms with E-state index < -0.39 is 35.7 Å². The number of amides is 3. The average molecular weight is 331 g/mol. The van der Waals surface area contributed by atoms with Crippen molar-refractivity contribution in [2.75, 3.05) is 6.54 Å². The molecule has 0 aliphatic heterocycles. The first-order valence-corrected chi connectivity index (χ1v) is 7.23. The minimum Gasteiger partial charge on any atom is -0.543 e. The highest BCUT2D eigenvalue weighted by atomic mass is 16.4. The molecule has 1 heterocycles. The van der Waals surface area contributed by atoms with Gasteiger partial charge in [0.2, 0.25) is 5.91 Å². The molecule has 0 aliphatic rings. The molecule has 2 N–H and O–H groups in total. The number of carbonyl (C=O) groups is 3. The standard InChI is InChI=1S/C15H16N4O5/c1-2-7-16-15(24)17-11(20)8-19-13(21)10-6-4-3-5-9(10)12(18-19)14(22)23/h3-6H,2,7-8H2,1H3,(H,22,23)(H2,16,17,20,24)/p-1. The van der Waals surface area contributed by atoms with Gasteiger partial charge in [-0.3, -0.25) is 14.9 Å². The van der Waals surface area contributed by atoms with Crippen LogP contribution in [0.3, 0.4) is 0 Å². The first-order chi connectivity index (χ1) is 11.4. The molecule has 24 heavy (non-hydrogen) atoms. The van der Waals surface area contributed by atoms with Gasteiger partial charge in [-0.1, -0.05) is 25.1 Å². The van der Waals surface area contributed by atoms with Gasteiger partial charge in [0.15, 0.2) is 0 Å². The number of urea groups is 1. The number of nitrogens with zero attached hydrogens (tertiary/aromatic N) is 2. The van der Waals surface area contributed by atoms with E-state index in [2.05, 4.69) is 10.4 Å². The molecule has 126 valence electrons. The Balaban J connectivity index is 2.31. The number of aromatic nitrogens is 2. The Bertz CT molecular complexity index is 859. The number of aromatic carboxylic acids is 1. The summed E-state index contributed by atoms with van der Waals surface area (Å²) in [5.74, 6) is -2.36. The highest BCUT2D eigenvalue weighted by Gasteiger charge is 2.14. The molecule has 3 amide bonds. The highest BCUT2D eigenvalue weighted by Crippen LogP contribution is 2.12. The number of benzene rings is 1. The van der Waals surface area contributed by atoms with E-state index in [1.165, 1.54) is 12.1 Å². The molecule has 9 heteroatoms. The van der Waals surface area contributed by atoms with E-state index in [0.717, 1.165) is 0 Å². The summed E-state index contributed by atoms with van der Waals surface area (Å²) in [5, 5.41) is 19.6. The van der Waals surface area contributed by atoms with Gasteiger partial charge >= 0.3 is 6.03 Å². The Labute approximate surface area is 136 Å². The van der Waals surface area contributed by atoms with E-state index in [1.807, 2.05) is 12.2 Å². The van der Waals surface area contributed by atoms with Crippen LogP contribution in [-0.4, -0.2) is 34.2 Å². The van der Waals surface area contributed by atoms with E-state index >= 15 is 0 Å². The van der Waals surface area contributed by atoms with Crippen LogP contribution in [0.15, 0.2) is 29.1 Å². The third-order valence-corrected chi connectivity index (χ3v) is 3.14. The van der Waals surface area contributed by atoms with Gasteiger partial charge in [-0.15, -0.1) is 0 Å². The molecule has 1 aromatic carbocycles. The molecule has 0 bridgehead atoms. The molecule has 0 saturated carbocycles. The number of nitrogens with one attached hydrogen (secondary N) is 2. The molecule has 2 aromatic rings. The van der Waals surface area contributed by atoms with Crippen LogP contribution in [0.4, 0.5) is 4.79 Å². The lowest BCUT2D eigenvalue weighted by Gasteiger charge is -2.11. The molecular formula is C15H15N4O5-. The molecule has 0 radical (unpaired) electrons. The lowest BCUT2D eigenvalue weighted by Crippen LogP contribution is -2.43. The Morgan fingerprint density at radius 3 is 2.50 bits per heavy atom. The van der Waals surface area contributed by atoms with Crippen LogP contribution in [0.1, 0.15) is 23.8 Å². The first-order valence-electron chi connectivity index (χ1n) is 7.23. The summed E-state index contributed by atoms with van der Waals surface area (Å²) in [4.78, 5) is 46.8. The SMILES string of the molecule is CCCNC(=O)NC(=O)Cn1nc(C(=O)[O-])c2ccccc2c1=O. The van der Waals surface area contributed by atoms with Gasteiger partial charge in [-0.2, -0.15) is 5.10 Å². The minimum atomic E-state index is -1.57. The normalized spacial score (nSPS) is 10.4. The number of carboxylic acid groups (broad SMARTS) is 1. The summed E-state index contributed by atoms with van der Waals surface area (Å²) in [6, 6.07) is 5.28. The van der Waals surface area contributed by atoms with Gasteiger partial charge in [0.05, 0.1) is 11.4 Å². The minimum absolute atomic E-state index is 0.0925. The van der Waals surface area contributed by atoms with Gasteiger partial charge in [-0.05, 0) is 12.5 Å². The summed E-state index contributed by atoms with van der Waals surface area (Å²) in [6.45, 7) is 1.65. The lowest BCUT2D eigenvalue weighted by molar-refractivity contribution is -0.255. The van der Waals surface area contributed by atoms with Crippen LogP contribution in [0.5, 0.6) is 0 Å². The van der Waals surface area contributed by atoms with E-state index in [1.54, 1.807) is 12.1 Å². The van der Waals surface area contributed by atoms with Crippen LogP contribution in [0.25, 0.3) is 10.8 Å². The number of fused-ring (bicyclic) bond motifs is 1. The molecule has 0 unspecified atom stereocenters. The van der Waals surface area contributed by atoms with Crippen LogP contribution >= 0.6 is 0 Å². The summed E-state index contributed by atoms with van der Waals surface area (Å²) < 4.78 is 0.690. The summed E-state index contributed by atoms with van der Waals surface area (Å²) in [7, 11) is 0. The fourth-order valence-electron chi connectivity index (χ4n) is 2.08. The van der Waals surface area contributed by atoms with E-state index in [4.69, 9.17) is 0 Å². The molecule has 0 atom stereocenters. The first kappa shape index (κ1) is 17.1. The molecule has 0 aliphatic carbocycles. The third kappa shape index (κ3) is 3.75. The largest absolute Gasteiger partial charge is 0.543 e. The second-order valence-corrected chi connectivity index (χ2v) is 4.95. The van der Waals surface area contributed by atoms with Crippen LogP contribution in [-0.2, 0) is 11.3 Å². The van der Waals surface area contributed by atoms with E-state index in [9.17, 15) is 24.3 Å². The molecule has 1 aromatic heterocycles. The summed E-state index contributed by atoms with van der Waals surface area (Å²) in [6.07, 6.45) is 0.697. The monoisotopic (exact) mass is 331 g/mol. The van der Waals surface area contributed by atoms with Crippen molar-refractivity contribution >= 4 is 28.7 Å². The molecule has 9 nitrogen and oxygen atoms in total. The Kier molecular flexibility index (Phi) is 5.25. The van der Waals surface area contributed by atoms with Crippen molar-refractivity contribution in [2.24, 2.45) is 0 Å². The number of carbonyl (C=O) groups excluding carboxylic acids is 3. The van der Waals surface area contributed by atoms with Crippen LogP contribution in [0.2, 0.25) is 0 Å². The maximum atomic E-state index is 12.3. The Hall–Kier alpha value is -3.23. The van der Waals surface area contributed by atoms with Crippen LogP contribution in [0, 0.1) is 0 Å². The molecule has 0 spiro atoms. The lowest BCUT2D eigenvalue weighted by atomic mass is 10.1.